The van der Waals surface area contributed by atoms with Crippen molar-refractivity contribution in [2.75, 3.05) is 17.2 Å². The molecule has 0 spiro atoms. The van der Waals surface area contributed by atoms with Crippen LogP contribution in [0.1, 0.15) is 11.3 Å². The van der Waals surface area contributed by atoms with E-state index in [9.17, 15) is 8.78 Å². The molecule has 0 bridgehead atoms. The Hall–Kier alpha value is -3.02. The van der Waals surface area contributed by atoms with Gasteiger partial charge in [0.1, 0.15) is 17.5 Å². The lowest BCUT2D eigenvalue weighted by atomic mass is 10.1. The summed E-state index contributed by atoms with van der Waals surface area (Å²) >= 11 is 0. The van der Waals surface area contributed by atoms with Crippen molar-refractivity contribution < 1.29 is 8.78 Å². The van der Waals surface area contributed by atoms with Crippen LogP contribution in [0.3, 0.4) is 0 Å². The zero-order valence-corrected chi connectivity index (χ0v) is 13.8. The van der Waals surface area contributed by atoms with Gasteiger partial charge in [0.05, 0.1) is 0 Å². The molecule has 25 heavy (non-hydrogen) atoms. The van der Waals surface area contributed by atoms with Crippen LogP contribution in [0.4, 0.5) is 26.2 Å². The molecule has 6 heteroatoms. The Morgan fingerprint density at radius 1 is 0.880 bits per heavy atom. The molecule has 3 rings (SSSR count). The van der Waals surface area contributed by atoms with Crippen molar-refractivity contribution in [3.8, 4) is 0 Å². The Labute approximate surface area is 145 Å². The summed E-state index contributed by atoms with van der Waals surface area (Å²) in [5, 5.41) is 6.30. The van der Waals surface area contributed by atoms with Crippen molar-refractivity contribution >= 4 is 17.5 Å². The van der Waals surface area contributed by atoms with Crippen LogP contribution in [0.15, 0.2) is 54.6 Å². The average Bonchev–Trinajstić information content (AvgIpc) is 2.58. The van der Waals surface area contributed by atoms with Crippen LogP contribution in [0.25, 0.3) is 0 Å². The van der Waals surface area contributed by atoms with Gasteiger partial charge in [-0.1, -0.05) is 12.1 Å². The first-order chi connectivity index (χ1) is 12.1. The molecule has 1 aromatic heterocycles. The highest BCUT2D eigenvalue weighted by Gasteiger charge is 2.03. The summed E-state index contributed by atoms with van der Waals surface area (Å²) < 4.78 is 25.9. The fraction of sp³-hybridized carbons (Fsp3) is 0.158. The molecule has 0 fully saturated rings. The average molecular weight is 340 g/mol. The SMILES string of the molecule is Cc1cc(Nc2ccc(F)cc2)nc(NCCc2ccc(F)cc2)n1. The van der Waals surface area contributed by atoms with Crippen LogP contribution in [0.5, 0.6) is 0 Å². The van der Waals surface area contributed by atoms with Crippen molar-refractivity contribution in [2.45, 2.75) is 13.3 Å². The maximum absolute atomic E-state index is 13.0. The van der Waals surface area contributed by atoms with E-state index in [0.717, 1.165) is 23.4 Å². The second kappa shape index (κ2) is 7.70. The van der Waals surface area contributed by atoms with E-state index in [1.54, 1.807) is 24.3 Å². The minimum atomic E-state index is -0.285. The number of nitrogens with zero attached hydrogens (tertiary/aromatic N) is 2. The zero-order chi connectivity index (χ0) is 17.6. The van der Waals surface area contributed by atoms with Gasteiger partial charge in [0.25, 0.3) is 0 Å². The fourth-order valence-electron chi connectivity index (χ4n) is 2.36. The summed E-state index contributed by atoms with van der Waals surface area (Å²) in [5.74, 6) is 0.609. The Morgan fingerprint density at radius 3 is 2.20 bits per heavy atom. The van der Waals surface area contributed by atoms with Gasteiger partial charge in [0, 0.05) is 24.0 Å². The fourth-order valence-corrected chi connectivity index (χ4v) is 2.36. The second-order valence-electron chi connectivity index (χ2n) is 5.65. The van der Waals surface area contributed by atoms with Crippen LogP contribution in [0, 0.1) is 18.6 Å². The predicted molar refractivity (Wildman–Crippen MR) is 95.0 cm³/mol. The summed E-state index contributed by atoms with van der Waals surface area (Å²) in [6.45, 7) is 2.51. The molecule has 0 unspecified atom stereocenters. The molecule has 0 saturated carbocycles. The van der Waals surface area contributed by atoms with Crippen LogP contribution < -0.4 is 10.6 Å². The maximum atomic E-state index is 13.0. The molecule has 2 aromatic carbocycles. The third-order valence-corrected chi connectivity index (χ3v) is 3.58. The van der Waals surface area contributed by atoms with Gasteiger partial charge in [0.15, 0.2) is 0 Å². The number of aryl methyl sites for hydroxylation is 1. The van der Waals surface area contributed by atoms with Gasteiger partial charge in [0.2, 0.25) is 5.95 Å². The summed E-state index contributed by atoms with van der Waals surface area (Å²) in [5.41, 5.74) is 2.59. The van der Waals surface area contributed by atoms with Crippen LogP contribution in [-0.4, -0.2) is 16.5 Å². The highest BCUT2D eigenvalue weighted by molar-refractivity contribution is 5.57. The summed E-state index contributed by atoms with van der Waals surface area (Å²) in [6.07, 6.45) is 0.734. The number of halogens is 2. The van der Waals surface area contributed by atoms with Gasteiger partial charge in [-0.2, -0.15) is 4.98 Å². The molecule has 128 valence electrons. The van der Waals surface area contributed by atoms with Crippen LogP contribution in [0.2, 0.25) is 0 Å². The lowest BCUT2D eigenvalue weighted by molar-refractivity contribution is 0.627. The number of anilines is 3. The Kier molecular flexibility index (Phi) is 5.18. The number of benzene rings is 2. The molecule has 0 radical (unpaired) electrons. The van der Waals surface area contributed by atoms with E-state index in [2.05, 4.69) is 20.6 Å². The monoisotopic (exact) mass is 340 g/mol. The molecule has 0 aliphatic rings. The quantitative estimate of drug-likeness (QED) is 0.695. The van der Waals surface area contributed by atoms with Crippen molar-refractivity contribution in [3.05, 3.63) is 77.5 Å². The topological polar surface area (TPSA) is 49.8 Å². The molecular weight excluding hydrogens is 322 g/mol. The molecule has 4 nitrogen and oxygen atoms in total. The Balaban J connectivity index is 1.62. The molecule has 0 amide bonds. The molecule has 1 heterocycles. The van der Waals surface area contributed by atoms with E-state index in [4.69, 9.17) is 0 Å². The van der Waals surface area contributed by atoms with E-state index in [1.807, 2.05) is 13.0 Å². The second-order valence-corrected chi connectivity index (χ2v) is 5.65. The summed E-state index contributed by atoms with van der Waals surface area (Å²) in [6, 6.07) is 14.3. The van der Waals surface area contributed by atoms with Gasteiger partial charge < -0.3 is 10.6 Å². The number of nitrogens with one attached hydrogen (secondary N) is 2. The van der Waals surface area contributed by atoms with E-state index in [-0.39, 0.29) is 11.6 Å². The van der Waals surface area contributed by atoms with Gasteiger partial charge in [-0.3, -0.25) is 0 Å². The smallest absolute Gasteiger partial charge is 0.224 e. The van der Waals surface area contributed by atoms with Gasteiger partial charge >= 0.3 is 0 Å². The van der Waals surface area contributed by atoms with Gasteiger partial charge in [-0.15, -0.1) is 0 Å². The highest BCUT2D eigenvalue weighted by Crippen LogP contribution is 2.17. The maximum Gasteiger partial charge on any atom is 0.224 e. The lowest BCUT2D eigenvalue weighted by Crippen LogP contribution is -2.09. The zero-order valence-electron chi connectivity index (χ0n) is 13.8. The first-order valence-electron chi connectivity index (χ1n) is 7.95. The molecule has 0 saturated heterocycles. The highest BCUT2D eigenvalue weighted by atomic mass is 19.1. The molecule has 0 atom stereocenters. The van der Waals surface area contributed by atoms with E-state index in [0.29, 0.717) is 18.3 Å². The number of rotatable bonds is 6. The molecule has 0 aliphatic heterocycles. The number of hydrogen-bond donors (Lipinski definition) is 2. The van der Waals surface area contributed by atoms with Gasteiger partial charge in [-0.05, 0) is 55.3 Å². The van der Waals surface area contributed by atoms with Crippen molar-refractivity contribution in [1.82, 2.24) is 9.97 Å². The Morgan fingerprint density at radius 2 is 1.52 bits per heavy atom. The van der Waals surface area contributed by atoms with Crippen molar-refractivity contribution in [1.29, 1.82) is 0 Å². The summed E-state index contributed by atoms with van der Waals surface area (Å²) in [7, 11) is 0. The largest absolute Gasteiger partial charge is 0.354 e. The molecule has 2 N–H and O–H groups in total. The van der Waals surface area contributed by atoms with Crippen LogP contribution >= 0.6 is 0 Å². The Bertz CT molecular complexity index is 833. The molecule has 0 aliphatic carbocycles. The first-order valence-corrected chi connectivity index (χ1v) is 7.95. The van der Waals surface area contributed by atoms with Crippen LogP contribution in [-0.2, 0) is 6.42 Å². The standard InChI is InChI=1S/C19H18F2N4/c1-13-12-18(24-17-8-6-16(21)7-9-17)25-19(23-13)22-11-10-14-2-4-15(20)5-3-14/h2-9,12H,10-11H2,1H3,(H2,22,23,24,25). The van der Waals surface area contributed by atoms with E-state index >= 15 is 0 Å². The predicted octanol–water partition coefficient (Wildman–Crippen LogP) is 4.46. The first kappa shape index (κ1) is 16.8. The third-order valence-electron chi connectivity index (χ3n) is 3.58. The summed E-state index contributed by atoms with van der Waals surface area (Å²) in [4.78, 5) is 8.76. The van der Waals surface area contributed by atoms with Gasteiger partial charge in [-0.25, -0.2) is 13.8 Å². The van der Waals surface area contributed by atoms with E-state index in [1.165, 1.54) is 24.3 Å². The lowest BCUT2D eigenvalue weighted by Gasteiger charge is -2.10. The number of hydrogen-bond acceptors (Lipinski definition) is 4. The third kappa shape index (κ3) is 4.97. The minimum absolute atomic E-state index is 0.241. The normalized spacial score (nSPS) is 10.5. The number of aromatic nitrogens is 2. The van der Waals surface area contributed by atoms with Crippen molar-refractivity contribution in [3.63, 3.8) is 0 Å². The molecule has 3 aromatic rings. The minimum Gasteiger partial charge on any atom is -0.354 e. The molecular formula is C19H18F2N4. The van der Waals surface area contributed by atoms with Crippen molar-refractivity contribution in [2.24, 2.45) is 0 Å². The van der Waals surface area contributed by atoms with E-state index < -0.39 is 0 Å².